The van der Waals surface area contributed by atoms with Gasteiger partial charge in [-0.05, 0) is 93.1 Å². The van der Waals surface area contributed by atoms with Gasteiger partial charge in [-0.1, -0.05) is 29.8 Å². The van der Waals surface area contributed by atoms with Crippen LogP contribution in [-0.4, -0.2) is 53.2 Å². The van der Waals surface area contributed by atoms with E-state index < -0.39 is 4.87 Å². The molecule has 0 saturated carbocycles. The molecule has 40 heavy (non-hydrogen) atoms. The maximum Gasteiger partial charge on any atom is 0.310 e. The molecule has 2 heterocycles. The van der Waals surface area contributed by atoms with E-state index in [-0.39, 0.29) is 17.9 Å². The number of aldehydes is 1. The average Bonchev–Trinajstić information content (AvgIpc) is 3.29. The Morgan fingerprint density at radius 3 is 2.83 bits per heavy atom. The summed E-state index contributed by atoms with van der Waals surface area (Å²) in [7, 11) is 0. The van der Waals surface area contributed by atoms with Gasteiger partial charge in [0, 0.05) is 24.5 Å². The first-order valence-electron chi connectivity index (χ1n) is 13.9. The number of ether oxygens (including phenoxy) is 2. The van der Waals surface area contributed by atoms with Crippen LogP contribution in [-0.2, 0) is 32.2 Å². The fourth-order valence-corrected chi connectivity index (χ4v) is 6.30. The van der Waals surface area contributed by atoms with Crippen LogP contribution in [0.3, 0.4) is 0 Å². The molecule has 0 N–H and O–H groups in total. The molecule has 0 radical (unpaired) electrons. The minimum atomic E-state index is -1.25. The third kappa shape index (κ3) is 5.65. The van der Waals surface area contributed by atoms with Crippen molar-refractivity contribution in [2.45, 2.75) is 57.6 Å². The predicted octanol–water partition coefficient (Wildman–Crippen LogP) is 6.24. The Hall–Kier alpha value is -2.87. The number of halogens is 2. The molecule has 1 saturated heterocycles. The maximum atomic E-state index is 12.4. The summed E-state index contributed by atoms with van der Waals surface area (Å²) in [5.41, 5.74) is 4.57. The Morgan fingerprint density at radius 2 is 2.08 bits per heavy atom. The van der Waals surface area contributed by atoms with Crippen LogP contribution >= 0.6 is 23.2 Å². The van der Waals surface area contributed by atoms with Crippen LogP contribution in [0.2, 0.25) is 5.15 Å². The largest absolute Gasteiger partial charge is 0.489 e. The molecule has 212 valence electrons. The molecule has 2 aliphatic rings. The summed E-state index contributed by atoms with van der Waals surface area (Å²) in [5.74, 6) is 0.413. The zero-order valence-corrected chi connectivity index (χ0v) is 24.7. The first kappa shape index (κ1) is 28.7. The van der Waals surface area contributed by atoms with E-state index in [0.717, 1.165) is 58.8 Å². The third-order valence-electron chi connectivity index (χ3n) is 7.81. The fraction of sp³-hybridized carbons (Fsp3) is 0.452. The maximum absolute atomic E-state index is 12.4. The lowest BCUT2D eigenvalue weighted by Gasteiger charge is -2.37. The number of esters is 1. The lowest BCUT2D eigenvalue weighted by atomic mass is 9.81. The van der Waals surface area contributed by atoms with E-state index in [1.807, 2.05) is 54.1 Å². The van der Waals surface area contributed by atoms with Gasteiger partial charge in [-0.15, -0.1) is 11.6 Å². The number of allylic oxidation sites excluding steroid dienone is 1. The summed E-state index contributed by atoms with van der Waals surface area (Å²) < 4.78 is 13.3. The molecule has 0 spiro atoms. The molecule has 7 nitrogen and oxygen atoms in total. The number of alkyl halides is 1. The Morgan fingerprint density at radius 1 is 1.25 bits per heavy atom. The molecule has 1 aliphatic carbocycles. The highest BCUT2D eigenvalue weighted by Gasteiger charge is 2.39. The molecular formula is C31H35Cl2N3O4. The zero-order valence-electron chi connectivity index (χ0n) is 23.2. The molecular weight excluding hydrogens is 549 g/mol. The van der Waals surface area contributed by atoms with Crippen molar-refractivity contribution >= 4 is 46.4 Å². The number of carbonyl (C=O) groups excluding carboxylic acids is 2. The minimum absolute atomic E-state index is 0.144. The summed E-state index contributed by atoms with van der Waals surface area (Å²) in [6.07, 6.45) is 5.24. The molecule has 1 aliphatic heterocycles. The van der Waals surface area contributed by atoms with Gasteiger partial charge in [0.15, 0.2) is 5.15 Å². The van der Waals surface area contributed by atoms with Crippen LogP contribution in [0.25, 0.3) is 10.9 Å². The molecule has 0 bridgehead atoms. The number of nitrogens with zero attached hydrogens (tertiary/aromatic N) is 3. The number of benzene rings is 2. The number of hydrogen-bond donors (Lipinski definition) is 0. The Balaban J connectivity index is 1.28. The molecule has 2 atom stereocenters. The Bertz CT molecular complexity index is 1450. The summed E-state index contributed by atoms with van der Waals surface area (Å²) >= 11 is 13.4. The van der Waals surface area contributed by atoms with E-state index in [4.69, 9.17) is 32.7 Å². The van der Waals surface area contributed by atoms with Crippen molar-refractivity contribution in [1.82, 2.24) is 14.7 Å². The average molecular weight is 585 g/mol. The molecule has 3 aromatic rings. The van der Waals surface area contributed by atoms with Crippen molar-refractivity contribution in [2.24, 2.45) is 5.92 Å². The van der Waals surface area contributed by atoms with Gasteiger partial charge in [0.05, 0.1) is 18.0 Å². The van der Waals surface area contributed by atoms with E-state index in [1.54, 1.807) is 0 Å². The summed E-state index contributed by atoms with van der Waals surface area (Å²) in [4.78, 5) is 25.7. The first-order valence-corrected chi connectivity index (χ1v) is 14.7. The van der Waals surface area contributed by atoms with Crippen molar-refractivity contribution < 1.29 is 19.1 Å². The summed E-state index contributed by atoms with van der Waals surface area (Å²) in [6.45, 7) is 8.72. The van der Waals surface area contributed by atoms with Crippen LogP contribution in [0.4, 0.5) is 0 Å². The van der Waals surface area contributed by atoms with Crippen molar-refractivity contribution in [3.8, 4) is 5.75 Å². The first-order chi connectivity index (χ1) is 19.2. The van der Waals surface area contributed by atoms with Gasteiger partial charge < -0.3 is 14.3 Å². The quantitative estimate of drug-likeness (QED) is 0.128. The third-order valence-corrected chi connectivity index (χ3v) is 8.62. The predicted molar refractivity (Wildman–Crippen MR) is 157 cm³/mol. The number of likely N-dealkylation sites (tertiary alicyclic amines) is 1. The second-order valence-corrected chi connectivity index (χ2v) is 11.8. The zero-order chi connectivity index (χ0) is 28.4. The van der Waals surface area contributed by atoms with E-state index in [2.05, 4.69) is 23.8 Å². The van der Waals surface area contributed by atoms with Gasteiger partial charge >= 0.3 is 5.97 Å². The van der Waals surface area contributed by atoms with E-state index in [1.165, 1.54) is 0 Å². The van der Waals surface area contributed by atoms with E-state index in [9.17, 15) is 9.59 Å². The number of aromatic nitrogens is 2. The van der Waals surface area contributed by atoms with E-state index in [0.29, 0.717) is 43.6 Å². The molecule has 1 unspecified atom stereocenters. The highest BCUT2D eigenvalue weighted by Crippen LogP contribution is 2.42. The molecule has 2 aromatic carbocycles. The minimum Gasteiger partial charge on any atom is -0.489 e. The van der Waals surface area contributed by atoms with Gasteiger partial charge in [0.25, 0.3) is 0 Å². The fourth-order valence-electron chi connectivity index (χ4n) is 5.75. The monoisotopic (exact) mass is 583 g/mol. The van der Waals surface area contributed by atoms with Gasteiger partial charge in [0.2, 0.25) is 0 Å². The number of piperidine rings is 1. The van der Waals surface area contributed by atoms with Gasteiger partial charge in [-0.3, -0.25) is 14.4 Å². The number of rotatable bonds is 9. The lowest BCUT2D eigenvalue weighted by Crippen LogP contribution is -2.43. The van der Waals surface area contributed by atoms with Crippen molar-refractivity contribution in [3.05, 3.63) is 69.9 Å². The van der Waals surface area contributed by atoms with Crippen molar-refractivity contribution in [1.29, 1.82) is 0 Å². The van der Waals surface area contributed by atoms with Crippen LogP contribution < -0.4 is 4.74 Å². The number of fused-ring (bicyclic) bond motifs is 2. The SMILES string of the molecule is CCOC(=O)[C@@H]1CCCN(CC2=CCc3cc(OCc4ccc5c(c4)c(Cl)nn5C(C)C)ccc3C2(Cl)C=O)C1. The number of carbonyl (C=O) groups is 2. The van der Waals surface area contributed by atoms with Gasteiger partial charge in [-0.25, -0.2) is 0 Å². The Kier molecular flexibility index (Phi) is 8.55. The topological polar surface area (TPSA) is 73.7 Å². The highest BCUT2D eigenvalue weighted by atomic mass is 35.5. The Labute approximate surface area is 245 Å². The standard InChI is InChI=1S/C31H35Cl2N3O4/c1-4-39-30(38)23-6-5-13-35(16-23)17-24-9-8-22-15-25(10-11-27(22)31(24,33)19-37)40-18-21-7-12-28-26(14-21)29(32)34-36(28)20(2)3/h7,9-12,14-15,19-20,23H,4-6,8,13,16-18H2,1-3H3/t23-,31?/m1/s1. The molecule has 0 amide bonds. The normalized spacial score (nSPS) is 21.2. The van der Waals surface area contributed by atoms with Crippen LogP contribution in [0.15, 0.2) is 48.0 Å². The molecule has 1 aromatic heterocycles. The number of hydrogen-bond acceptors (Lipinski definition) is 6. The smallest absolute Gasteiger partial charge is 0.310 e. The van der Waals surface area contributed by atoms with Crippen molar-refractivity contribution in [2.75, 3.05) is 26.2 Å². The highest BCUT2D eigenvalue weighted by molar-refractivity contribution is 6.34. The second kappa shape index (κ2) is 11.9. The molecule has 9 heteroatoms. The summed E-state index contributed by atoms with van der Waals surface area (Å²) in [5, 5.41) is 5.84. The second-order valence-electron chi connectivity index (χ2n) is 10.9. The summed E-state index contributed by atoms with van der Waals surface area (Å²) in [6, 6.07) is 12.0. The van der Waals surface area contributed by atoms with Gasteiger partial charge in [-0.2, -0.15) is 5.10 Å². The van der Waals surface area contributed by atoms with Crippen LogP contribution in [0.1, 0.15) is 56.3 Å². The van der Waals surface area contributed by atoms with Crippen LogP contribution in [0.5, 0.6) is 5.75 Å². The van der Waals surface area contributed by atoms with Crippen LogP contribution in [0, 0.1) is 5.92 Å². The molecule has 5 rings (SSSR count). The lowest BCUT2D eigenvalue weighted by molar-refractivity contribution is -0.149. The molecule has 1 fully saturated rings. The van der Waals surface area contributed by atoms with E-state index >= 15 is 0 Å². The van der Waals surface area contributed by atoms with Crippen molar-refractivity contribution in [3.63, 3.8) is 0 Å². The van der Waals surface area contributed by atoms with Gasteiger partial charge in [0.1, 0.15) is 23.5 Å².